The van der Waals surface area contributed by atoms with Crippen molar-refractivity contribution < 1.29 is 0 Å². The Kier molecular flexibility index (Phi) is 4.15. The van der Waals surface area contributed by atoms with Crippen molar-refractivity contribution in [3.63, 3.8) is 0 Å². The minimum atomic E-state index is -0.0141. The standard InChI is InChI=1S/C11H16ClN3/c1-7(2)5-11(15-14)9-4-3-8(12)6-10(9)13/h3-4,6,11,15H,1,5,13-14H2,2H3. The highest BCUT2D eigenvalue weighted by atomic mass is 35.5. The summed E-state index contributed by atoms with van der Waals surface area (Å²) >= 11 is 5.82. The van der Waals surface area contributed by atoms with Crippen LogP contribution in [0.5, 0.6) is 0 Å². The van der Waals surface area contributed by atoms with E-state index in [1.807, 2.05) is 13.0 Å². The van der Waals surface area contributed by atoms with E-state index in [2.05, 4.69) is 12.0 Å². The number of halogens is 1. The normalized spacial score (nSPS) is 12.5. The molecule has 0 spiro atoms. The predicted molar refractivity (Wildman–Crippen MR) is 65.4 cm³/mol. The molecule has 15 heavy (non-hydrogen) atoms. The SMILES string of the molecule is C=C(C)CC(NN)c1ccc(Cl)cc1N. The molecule has 1 aromatic rings. The number of benzene rings is 1. The monoisotopic (exact) mass is 225 g/mol. The molecule has 82 valence electrons. The van der Waals surface area contributed by atoms with E-state index in [9.17, 15) is 0 Å². The zero-order chi connectivity index (χ0) is 11.4. The summed E-state index contributed by atoms with van der Waals surface area (Å²) in [7, 11) is 0. The first-order valence-electron chi connectivity index (χ1n) is 4.70. The smallest absolute Gasteiger partial charge is 0.0517 e. The van der Waals surface area contributed by atoms with Crippen molar-refractivity contribution in [3.8, 4) is 0 Å². The Labute approximate surface area is 95.1 Å². The second kappa shape index (κ2) is 5.16. The first-order chi connectivity index (χ1) is 7.04. The highest BCUT2D eigenvalue weighted by Crippen LogP contribution is 2.27. The molecule has 0 amide bonds. The Morgan fingerprint density at radius 3 is 2.73 bits per heavy atom. The maximum absolute atomic E-state index is 5.86. The first kappa shape index (κ1) is 12.0. The summed E-state index contributed by atoms with van der Waals surface area (Å²) in [5.41, 5.74) is 11.2. The number of hydrogen-bond donors (Lipinski definition) is 3. The largest absolute Gasteiger partial charge is 0.398 e. The lowest BCUT2D eigenvalue weighted by molar-refractivity contribution is 0.552. The van der Waals surface area contributed by atoms with Crippen molar-refractivity contribution in [2.45, 2.75) is 19.4 Å². The van der Waals surface area contributed by atoms with E-state index in [-0.39, 0.29) is 6.04 Å². The fraction of sp³-hybridized carbons (Fsp3) is 0.273. The lowest BCUT2D eigenvalue weighted by atomic mass is 9.99. The summed E-state index contributed by atoms with van der Waals surface area (Å²) in [5, 5.41) is 0.627. The lowest BCUT2D eigenvalue weighted by Crippen LogP contribution is -2.28. The highest BCUT2D eigenvalue weighted by molar-refractivity contribution is 6.30. The van der Waals surface area contributed by atoms with Gasteiger partial charge in [0.05, 0.1) is 6.04 Å². The summed E-state index contributed by atoms with van der Waals surface area (Å²) < 4.78 is 0. The zero-order valence-corrected chi connectivity index (χ0v) is 9.51. The summed E-state index contributed by atoms with van der Waals surface area (Å²) in [4.78, 5) is 0. The van der Waals surface area contributed by atoms with Crippen molar-refractivity contribution in [2.24, 2.45) is 5.84 Å². The van der Waals surface area contributed by atoms with Crippen molar-refractivity contribution in [3.05, 3.63) is 40.9 Å². The molecule has 0 bridgehead atoms. The minimum Gasteiger partial charge on any atom is -0.398 e. The third kappa shape index (κ3) is 3.23. The average molecular weight is 226 g/mol. The van der Waals surface area contributed by atoms with Crippen LogP contribution in [-0.2, 0) is 0 Å². The Bertz CT molecular complexity index is 363. The summed E-state index contributed by atoms with van der Waals surface area (Å²) in [5.74, 6) is 5.48. The predicted octanol–water partition coefficient (Wildman–Crippen LogP) is 2.39. The van der Waals surface area contributed by atoms with Crippen LogP contribution in [0, 0.1) is 0 Å². The number of hydrazine groups is 1. The molecule has 0 aliphatic rings. The molecule has 0 aromatic heterocycles. The van der Waals surface area contributed by atoms with Crippen LogP contribution in [0.1, 0.15) is 24.9 Å². The van der Waals surface area contributed by atoms with Crippen molar-refractivity contribution in [2.75, 3.05) is 5.73 Å². The Morgan fingerprint density at radius 2 is 2.27 bits per heavy atom. The van der Waals surface area contributed by atoms with Crippen molar-refractivity contribution >= 4 is 17.3 Å². The number of rotatable bonds is 4. The van der Waals surface area contributed by atoms with Gasteiger partial charge in [-0.1, -0.05) is 23.2 Å². The molecule has 3 nitrogen and oxygen atoms in total. The van der Waals surface area contributed by atoms with Crippen LogP contribution in [0.15, 0.2) is 30.4 Å². The lowest BCUT2D eigenvalue weighted by Gasteiger charge is -2.18. The number of nitrogens with one attached hydrogen (secondary N) is 1. The van der Waals surface area contributed by atoms with E-state index in [1.54, 1.807) is 12.1 Å². The van der Waals surface area contributed by atoms with Crippen LogP contribution in [0.4, 0.5) is 5.69 Å². The third-order valence-electron chi connectivity index (χ3n) is 2.18. The van der Waals surface area contributed by atoms with E-state index in [0.717, 1.165) is 17.6 Å². The Morgan fingerprint density at radius 1 is 1.60 bits per heavy atom. The van der Waals surface area contributed by atoms with E-state index in [1.165, 1.54) is 0 Å². The maximum Gasteiger partial charge on any atom is 0.0517 e. The fourth-order valence-electron chi connectivity index (χ4n) is 1.47. The van der Waals surface area contributed by atoms with Crippen molar-refractivity contribution in [1.82, 2.24) is 5.43 Å². The molecule has 0 aliphatic heterocycles. The van der Waals surface area contributed by atoms with E-state index >= 15 is 0 Å². The molecule has 0 saturated carbocycles. The molecule has 1 rings (SSSR count). The average Bonchev–Trinajstić information content (AvgIpc) is 2.14. The van der Waals surface area contributed by atoms with Crippen LogP contribution in [0.3, 0.4) is 0 Å². The van der Waals surface area contributed by atoms with Gasteiger partial charge in [0.2, 0.25) is 0 Å². The molecule has 0 radical (unpaired) electrons. The van der Waals surface area contributed by atoms with E-state index < -0.39 is 0 Å². The van der Waals surface area contributed by atoms with Crippen LogP contribution in [0.25, 0.3) is 0 Å². The molecular formula is C11H16ClN3. The van der Waals surface area contributed by atoms with Gasteiger partial charge in [-0.2, -0.15) is 0 Å². The van der Waals surface area contributed by atoms with Gasteiger partial charge in [-0.05, 0) is 31.0 Å². The summed E-state index contributed by atoms with van der Waals surface area (Å²) in [6.07, 6.45) is 0.752. The molecule has 0 saturated heterocycles. The van der Waals surface area contributed by atoms with Gasteiger partial charge < -0.3 is 5.73 Å². The van der Waals surface area contributed by atoms with Gasteiger partial charge in [-0.25, -0.2) is 0 Å². The molecule has 1 unspecified atom stereocenters. The van der Waals surface area contributed by atoms with Gasteiger partial charge in [-0.15, -0.1) is 6.58 Å². The first-order valence-corrected chi connectivity index (χ1v) is 5.08. The molecule has 1 atom stereocenters. The molecule has 1 aromatic carbocycles. The highest BCUT2D eigenvalue weighted by Gasteiger charge is 2.12. The van der Waals surface area contributed by atoms with Gasteiger partial charge in [0, 0.05) is 10.7 Å². The fourth-order valence-corrected chi connectivity index (χ4v) is 1.65. The number of hydrogen-bond acceptors (Lipinski definition) is 3. The van der Waals surface area contributed by atoms with Crippen LogP contribution in [-0.4, -0.2) is 0 Å². The third-order valence-corrected chi connectivity index (χ3v) is 2.41. The summed E-state index contributed by atoms with van der Waals surface area (Å²) in [6.45, 7) is 5.81. The topological polar surface area (TPSA) is 64.1 Å². The molecule has 0 fully saturated rings. The van der Waals surface area contributed by atoms with Crippen LogP contribution >= 0.6 is 11.6 Å². The van der Waals surface area contributed by atoms with Crippen molar-refractivity contribution in [1.29, 1.82) is 0 Å². The molecule has 0 aliphatic carbocycles. The Balaban J connectivity index is 2.96. The second-order valence-corrected chi connectivity index (χ2v) is 4.09. The molecular weight excluding hydrogens is 210 g/mol. The number of anilines is 1. The second-order valence-electron chi connectivity index (χ2n) is 3.65. The van der Waals surface area contributed by atoms with Gasteiger partial charge in [0.15, 0.2) is 0 Å². The van der Waals surface area contributed by atoms with E-state index in [0.29, 0.717) is 10.7 Å². The van der Waals surface area contributed by atoms with Crippen LogP contribution < -0.4 is 17.0 Å². The minimum absolute atomic E-state index is 0.0141. The Hall–Kier alpha value is -1.03. The molecule has 5 N–H and O–H groups in total. The van der Waals surface area contributed by atoms with Gasteiger partial charge >= 0.3 is 0 Å². The van der Waals surface area contributed by atoms with Crippen LogP contribution in [0.2, 0.25) is 5.02 Å². The molecule has 0 heterocycles. The maximum atomic E-state index is 5.86. The number of nitrogens with two attached hydrogens (primary N) is 2. The zero-order valence-electron chi connectivity index (χ0n) is 8.76. The quantitative estimate of drug-likeness (QED) is 0.319. The van der Waals surface area contributed by atoms with Gasteiger partial charge in [0.25, 0.3) is 0 Å². The summed E-state index contributed by atoms with van der Waals surface area (Å²) in [6, 6.07) is 5.39. The van der Waals surface area contributed by atoms with Gasteiger partial charge in [-0.3, -0.25) is 11.3 Å². The van der Waals surface area contributed by atoms with E-state index in [4.69, 9.17) is 23.2 Å². The van der Waals surface area contributed by atoms with Gasteiger partial charge in [0.1, 0.15) is 0 Å². The molecule has 4 heteroatoms. The number of nitrogen functional groups attached to an aromatic ring is 1.